The Hall–Kier alpha value is -0.860. The molecule has 0 aromatic carbocycles. The quantitative estimate of drug-likeness (QED) is 0.791. The predicted octanol–water partition coefficient (Wildman–Crippen LogP) is 0.603. The molecular formula is C11H22N2O5S. The fourth-order valence-corrected chi connectivity index (χ4v) is 3.36. The van der Waals surface area contributed by atoms with Gasteiger partial charge in [-0.05, 0) is 26.7 Å². The standard InChI is InChI=1S/C11H22N2O5S/c1-9(2)18-11(15)12-19(16,17)13-7-5-3-4-6-10(13)8-14/h9-10,14H,3-8H2,1-2H3,(H,12,15). The molecule has 0 aliphatic carbocycles. The normalized spacial score (nSPS) is 22.0. The summed E-state index contributed by atoms with van der Waals surface area (Å²) in [6, 6.07) is -0.480. The van der Waals surface area contributed by atoms with E-state index in [2.05, 4.69) is 0 Å². The first kappa shape index (κ1) is 16.2. The van der Waals surface area contributed by atoms with E-state index in [9.17, 15) is 18.3 Å². The summed E-state index contributed by atoms with van der Waals surface area (Å²) in [5.74, 6) is 0. The molecule has 1 atom stereocenters. The molecule has 0 radical (unpaired) electrons. The minimum Gasteiger partial charge on any atom is -0.446 e. The molecule has 1 rings (SSSR count). The molecule has 1 aliphatic rings. The Morgan fingerprint density at radius 1 is 1.42 bits per heavy atom. The molecule has 2 N–H and O–H groups in total. The molecule has 0 aromatic heterocycles. The molecule has 19 heavy (non-hydrogen) atoms. The molecule has 1 saturated heterocycles. The van der Waals surface area contributed by atoms with Gasteiger partial charge in [-0.1, -0.05) is 12.8 Å². The number of rotatable bonds is 4. The number of hydrogen-bond acceptors (Lipinski definition) is 5. The van der Waals surface area contributed by atoms with Gasteiger partial charge in [0, 0.05) is 12.6 Å². The SMILES string of the molecule is CC(C)OC(=O)NS(=O)(=O)N1CCCCCC1CO. The molecule has 0 aromatic rings. The molecule has 1 amide bonds. The Bertz CT molecular complexity index is 396. The molecule has 7 nitrogen and oxygen atoms in total. The Morgan fingerprint density at radius 3 is 2.68 bits per heavy atom. The van der Waals surface area contributed by atoms with Gasteiger partial charge in [-0.25, -0.2) is 9.52 Å². The number of nitrogens with one attached hydrogen (secondary N) is 1. The van der Waals surface area contributed by atoms with Crippen LogP contribution < -0.4 is 4.72 Å². The van der Waals surface area contributed by atoms with E-state index in [1.807, 2.05) is 4.72 Å². The van der Waals surface area contributed by atoms with Crippen LogP contribution in [0.1, 0.15) is 39.5 Å². The van der Waals surface area contributed by atoms with Crippen LogP contribution in [0.4, 0.5) is 4.79 Å². The van der Waals surface area contributed by atoms with Crippen LogP contribution >= 0.6 is 0 Å². The predicted molar refractivity (Wildman–Crippen MR) is 69.7 cm³/mol. The van der Waals surface area contributed by atoms with Crippen molar-refractivity contribution in [3.8, 4) is 0 Å². The van der Waals surface area contributed by atoms with Gasteiger partial charge < -0.3 is 9.84 Å². The molecule has 0 saturated carbocycles. The lowest BCUT2D eigenvalue weighted by Crippen LogP contribution is -2.49. The zero-order chi connectivity index (χ0) is 14.5. The van der Waals surface area contributed by atoms with Crippen molar-refractivity contribution in [2.24, 2.45) is 0 Å². The monoisotopic (exact) mass is 294 g/mol. The van der Waals surface area contributed by atoms with Crippen molar-refractivity contribution in [2.45, 2.75) is 51.7 Å². The van der Waals surface area contributed by atoms with Crippen LogP contribution in [0, 0.1) is 0 Å². The number of aliphatic hydroxyl groups is 1. The topological polar surface area (TPSA) is 95.9 Å². The van der Waals surface area contributed by atoms with Crippen molar-refractivity contribution < 1.29 is 23.1 Å². The second kappa shape index (κ2) is 7.06. The van der Waals surface area contributed by atoms with Gasteiger partial charge in [-0.3, -0.25) is 0 Å². The molecule has 0 spiro atoms. The molecule has 8 heteroatoms. The Balaban J connectivity index is 2.75. The molecule has 112 valence electrons. The number of carbonyl (C=O) groups excluding carboxylic acids is 1. The van der Waals surface area contributed by atoms with E-state index in [1.54, 1.807) is 13.8 Å². The Labute approximate surface area is 114 Å². The average molecular weight is 294 g/mol. The molecule has 1 unspecified atom stereocenters. The van der Waals surface area contributed by atoms with Crippen molar-refractivity contribution in [1.29, 1.82) is 0 Å². The molecule has 0 bridgehead atoms. The van der Waals surface area contributed by atoms with Gasteiger partial charge >= 0.3 is 16.3 Å². The van der Waals surface area contributed by atoms with Gasteiger partial charge in [0.1, 0.15) is 0 Å². The minimum absolute atomic E-state index is 0.250. The van der Waals surface area contributed by atoms with Crippen LogP contribution in [0.5, 0.6) is 0 Å². The van der Waals surface area contributed by atoms with E-state index < -0.39 is 28.4 Å². The highest BCUT2D eigenvalue weighted by molar-refractivity contribution is 7.87. The highest BCUT2D eigenvalue weighted by atomic mass is 32.2. The summed E-state index contributed by atoms with van der Waals surface area (Å²) < 4.78 is 32.0. The third-order valence-corrected chi connectivity index (χ3v) is 4.42. The number of amides is 1. The largest absolute Gasteiger partial charge is 0.446 e. The molecule has 1 aliphatic heterocycles. The van der Waals surface area contributed by atoms with E-state index in [0.717, 1.165) is 23.6 Å². The van der Waals surface area contributed by atoms with E-state index >= 15 is 0 Å². The number of hydrogen-bond donors (Lipinski definition) is 2. The second-order valence-electron chi connectivity index (χ2n) is 4.86. The summed E-state index contributed by atoms with van der Waals surface area (Å²) in [5.41, 5.74) is 0. The van der Waals surface area contributed by atoms with Crippen LogP contribution in [0.3, 0.4) is 0 Å². The maximum atomic E-state index is 12.1. The van der Waals surface area contributed by atoms with E-state index in [1.165, 1.54) is 0 Å². The lowest BCUT2D eigenvalue weighted by Gasteiger charge is -2.27. The van der Waals surface area contributed by atoms with Gasteiger partial charge in [0.25, 0.3) is 0 Å². The van der Waals surface area contributed by atoms with Crippen LogP contribution in [0.25, 0.3) is 0 Å². The summed E-state index contributed by atoms with van der Waals surface area (Å²) in [4.78, 5) is 11.4. The molecular weight excluding hydrogens is 272 g/mol. The van der Waals surface area contributed by atoms with E-state index in [0.29, 0.717) is 13.0 Å². The van der Waals surface area contributed by atoms with Crippen LogP contribution in [-0.2, 0) is 14.9 Å². The third kappa shape index (κ3) is 4.96. The minimum atomic E-state index is -3.96. The average Bonchev–Trinajstić information content (AvgIpc) is 2.51. The van der Waals surface area contributed by atoms with Crippen LogP contribution in [0.2, 0.25) is 0 Å². The third-order valence-electron chi connectivity index (χ3n) is 2.90. The highest BCUT2D eigenvalue weighted by Gasteiger charge is 2.32. The van der Waals surface area contributed by atoms with Gasteiger partial charge in [0.2, 0.25) is 0 Å². The maximum absolute atomic E-state index is 12.1. The van der Waals surface area contributed by atoms with Crippen molar-refractivity contribution in [3.63, 3.8) is 0 Å². The lowest BCUT2D eigenvalue weighted by molar-refractivity contribution is 0.120. The summed E-state index contributed by atoms with van der Waals surface area (Å²) in [7, 11) is -3.96. The first-order valence-electron chi connectivity index (χ1n) is 6.48. The number of nitrogens with zero attached hydrogens (tertiary/aromatic N) is 1. The Morgan fingerprint density at radius 2 is 2.11 bits per heavy atom. The van der Waals surface area contributed by atoms with Gasteiger partial charge in [-0.2, -0.15) is 12.7 Å². The second-order valence-corrected chi connectivity index (χ2v) is 6.48. The fraction of sp³-hybridized carbons (Fsp3) is 0.909. The first-order valence-corrected chi connectivity index (χ1v) is 7.92. The zero-order valence-corrected chi connectivity index (χ0v) is 12.1. The van der Waals surface area contributed by atoms with Crippen LogP contribution in [0.15, 0.2) is 0 Å². The van der Waals surface area contributed by atoms with Gasteiger partial charge in [-0.15, -0.1) is 0 Å². The molecule has 1 heterocycles. The summed E-state index contributed by atoms with van der Waals surface area (Å²) in [6.07, 6.45) is 1.71. The van der Waals surface area contributed by atoms with E-state index in [-0.39, 0.29) is 6.61 Å². The summed E-state index contributed by atoms with van der Waals surface area (Å²) in [6.45, 7) is 3.32. The van der Waals surface area contributed by atoms with Crippen molar-refractivity contribution in [1.82, 2.24) is 9.03 Å². The van der Waals surface area contributed by atoms with Crippen molar-refractivity contribution in [3.05, 3.63) is 0 Å². The maximum Gasteiger partial charge on any atom is 0.422 e. The van der Waals surface area contributed by atoms with E-state index in [4.69, 9.17) is 4.74 Å². The van der Waals surface area contributed by atoms with Gasteiger partial charge in [0.05, 0.1) is 12.7 Å². The van der Waals surface area contributed by atoms with Gasteiger partial charge in [0.15, 0.2) is 0 Å². The number of carbonyl (C=O) groups is 1. The summed E-state index contributed by atoms with van der Waals surface area (Å²) >= 11 is 0. The Kier molecular flexibility index (Phi) is 6.02. The smallest absolute Gasteiger partial charge is 0.422 e. The zero-order valence-electron chi connectivity index (χ0n) is 11.3. The first-order chi connectivity index (χ1) is 8.86. The molecule has 1 fully saturated rings. The number of ether oxygens (including phenoxy) is 1. The fourth-order valence-electron chi connectivity index (χ4n) is 2.05. The highest BCUT2D eigenvalue weighted by Crippen LogP contribution is 2.19. The number of aliphatic hydroxyl groups excluding tert-OH is 1. The van der Waals surface area contributed by atoms with Crippen LogP contribution in [-0.4, -0.2) is 49.2 Å². The van der Waals surface area contributed by atoms with Crippen molar-refractivity contribution in [2.75, 3.05) is 13.2 Å². The van der Waals surface area contributed by atoms with Crippen molar-refractivity contribution >= 4 is 16.3 Å². The summed E-state index contributed by atoms with van der Waals surface area (Å²) in [5, 5.41) is 9.28. The lowest BCUT2D eigenvalue weighted by atomic mass is 10.1.